The Kier molecular flexibility index (Phi) is 6.86. The van der Waals surface area contributed by atoms with E-state index in [-0.39, 0.29) is 23.6 Å². The van der Waals surface area contributed by atoms with Crippen molar-refractivity contribution >= 4 is 17.2 Å². The molecule has 5 heteroatoms. The number of nitrogens with one attached hydrogen (secondary N) is 1. The van der Waals surface area contributed by atoms with E-state index in [9.17, 15) is 9.18 Å². The van der Waals surface area contributed by atoms with Crippen LogP contribution in [0.15, 0.2) is 95.7 Å². The first kappa shape index (κ1) is 25.6. The van der Waals surface area contributed by atoms with Crippen LogP contribution in [0, 0.1) is 18.7 Å². The average Bonchev–Trinajstić information content (AvgIpc) is 3.48. The number of piperidine rings is 1. The van der Waals surface area contributed by atoms with Gasteiger partial charge in [0.2, 0.25) is 5.91 Å². The molecule has 3 heterocycles. The maximum absolute atomic E-state index is 14.4. The van der Waals surface area contributed by atoms with Gasteiger partial charge < -0.3 is 10.1 Å². The highest BCUT2D eigenvalue weighted by Gasteiger charge is 2.44. The van der Waals surface area contributed by atoms with Crippen LogP contribution in [0.4, 0.5) is 4.39 Å². The lowest BCUT2D eigenvalue weighted by Crippen LogP contribution is -2.54. The van der Waals surface area contributed by atoms with E-state index >= 15 is 0 Å². The summed E-state index contributed by atoms with van der Waals surface area (Å²) in [4.78, 5) is 13.8. The molecule has 2 aliphatic heterocycles. The van der Waals surface area contributed by atoms with Gasteiger partial charge in [0.25, 0.3) is 0 Å². The molecule has 0 spiro atoms. The molecular weight excluding hydrogens is 505 g/mol. The maximum atomic E-state index is 14.4. The molecule has 3 unspecified atom stereocenters. The van der Waals surface area contributed by atoms with Gasteiger partial charge in [-0.2, -0.15) is 11.3 Å². The van der Waals surface area contributed by atoms with E-state index in [1.165, 1.54) is 17.2 Å². The minimum absolute atomic E-state index is 0.0138. The lowest BCUT2D eigenvalue weighted by atomic mass is 9.71. The van der Waals surface area contributed by atoms with Crippen molar-refractivity contribution < 1.29 is 13.9 Å². The Morgan fingerprint density at radius 1 is 1.05 bits per heavy atom. The standard InChI is InChI=1S/C34H32FNO2S/c1-22-7-3-4-9-25(22)19-30-23(2)20-34(36-33(30)37,28-14-16-39-21-28)27-10-5-8-24(18-27)17-26-13-15-38-32-29(26)11-6-12-31(32)35/h3-12,14,16,18,21,26,30H,2,13,15,17,19-20H2,1H3,(H,36,37). The lowest BCUT2D eigenvalue weighted by Gasteiger charge is -2.43. The molecule has 198 valence electrons. The fourth-order valence-electron chi connectivity index (χ4n) is 6.23. The van der Waals surface area contributed by atoms with Crippen LogP contribution in [0.1, 0.15) is 52.1 Å². The summed E-state index contributed by atoms with van der Waals surface area (Å²) in [6.45, 7) is 7.04. The first-order valence-electron chi connectivity index (χ1n) is 13.5. The lowest BCUT2D eigenvalue weighted by molar-refractivity contribution is -0.127. The highest BCUT2D eigenvalue weighted by atomic mass is 32.1. The van der Waals surface area contributed by atoms with E-state index in [4.69, 9.17) is 4.74 Å². The van der Waals surface area contributed by atoms with Crippen LogP contribution in [0.25, 0.3) is 0 Å². The van der Waals surface area contributed by atoms with Gasteiger partial charge in [-0.3, -0.25) is 4.79 Å². The van der Waals surface area contributed by atoms with Crippen molar-refractivity contribution in [3.63, 3.8) is 0 Å². The molecule has 3 atom stereocenters. The van der Waals surface area contributed by atoms with Crippen molar-refractivity contribution in [3.8, 4) is 5.75 Å². The second-order valence-electron chi connectivity index (χ2n) is 10.8. The van der Waals surface area contributed by atoms with Crippen molar-refractivity contribution in [2.24, 2.45) is 5.92 Å². The van der Waals surface area contributed by atoms with E-state index in [1.807, 2.05) is 18.2 Å². The molecule has 3 nitrogen and oxygen atoms in total. The van der Waals surface area contributed by atoms with Gasteiger partial charge >= 0.3 is 0 Å². The van der Waals surface area contributed by atoms with Crippen molar-refractivity contribution in [2.75, 3.05) is 6.61 Å². The molecular formula is C34H32FNO2S. The molecule has 0 aliphatic carbocycles. The summed E-state index contributed by atoms with van der Waals surface area (Å²) in [7, 11) is 0. The van der Waals surface area contributed by atoms with Gasteiger partial charge in [0, 0.05) is 12.0 Å². The molecule has 1 aromatic heterocycles. The number of amides is 1. The Hall–Kier alpha value is -3.70. The van der Waals surface area contributed by atoms with Crippen molar-refractivity contribution in [1.82, 2.24) is 5.32 Å². The number of ether oxygens (including phenoxy) is 1. The molecule has 0 bridgehead atoms. The number of carbonyl (C=O) groups excluding carboxylic acids is 1. The van der Waals surface area contributed by atoms with Crippen LogP contribution in [0.3, 0.4) is 0 Å². The Balaban J connectivity index is 1.32. The topological polar surface area (TPSA) is 38.3 Å². The first-order valence-corrected chi connectivity index (χ1v) is 14.5. The Morgan fingerprint density at radius 3 is 2.69 bits per heavy atom. The molecule has 6 rings (SSSR count). The van der Waals surface area contributed by atoms with Crippen molar-refractivity contribution in [1.29, 1.82) is 0 Å². The monoisotopic (exact) mass is 537 g/mol. The summed E-state index contributed by atoms with van der Waals surface area (Å²) < 4.78 is 20.0. The van der Waals surface area contributed by atoms with Gasteiger partial charge in [-0.15, -0.1) is 0 Å². The molecule has 3 aromatic carbocycles. The number of benzene rings is 3. The van der Waals surface area contributed by atoms with E-state index in [0.717, 1.165) is 40.7 Å². The van der Waals surface area contributed by atoms with Gasteiger partial charge in [-0.05, 0) is 82.8 Å². The molecule has 2 aliphatic rings. The third-order valence-corrected chi connectivity index (χ3v) is 9.07. The maximum Gasteiger partial charge on any atom is 0.228 e. The summed E-state index contributed by atoms with van der Waals surface area (Å²) >= 11 is 1.63. The molecule has 1 amide bonds. The summed E-state index contributed by atoms with van der Waals surface area (Å²) in [5, 5.41) is 7.64. The second kappa shape index (κ2) is 10.5. The number of hydrogen-bond acceptors (Lipinski definition) is 3. The second-order valence-corrected chi connectivity index (χ2v) is 11.6. The quantitative estimate of drug-likeness (QED) is 0.259. The largest absolute Gasteiger partial charge is 0.490 e. The molecule has 0 saturated carbocycles. The van der Waals surface area contributed by atoms with Gasteiger partial charge in [0.05, 0.1) is 18.1 Å². The molecule has 0 radical (unpaired) electrons. The van der Waals surface area contributed by atoms with Crippen molar-refractivity contribution in [3.05, 3.63) is 135 Å². The van der Waals surface area contributed by atoms with E-state index < -0.39 is 5.54 Å². The number of hydrogen-bond donors (Lipinski definition) is 1. The van der Waals surface area contributed by atoms with Gasteiger partial charge in [-0.1, -0.05) is 72.8 Å². The van der Waals surface area contributed by atoms with Gasteiger partial charge in [0.1, 0.15) is 0 Å². The normalized spacial score (nSPS) is 22.6. The zero-order valence-corrected chi connectivity index (χ0v) is 22.9. The fraction of sp³-hybridized carbons (Fsp3) is 0.265. The minimum Gasteiger partial charge on any atom is -0.490 e. The number of rotatable bonds is 6. The van der Waals surface area contributed by atoms with E-state index in [1.54, 1.807) is 17.4 Å². The number of aryl methyl sites for hydroxylation is 1. The van der Waals surface area contributed by atoms with Crippen LogP contribution in [-0.4, -0.2) is 12.5 Å². The Morgan fingerprint density at radius 2 is 1.90 bits per heavy atom. The third kappa shape index (κ3) is 4.80. The Bertz CT molecular complexity index is 1510. The van der Waals surface area contributed by atoms with Crippen molar-refractivity contribution in [2.45, 2.75) is 44.1 Å². The predicted molar refractivity (Wildman–Crippen MR) is 155 cm³/mol. The summed E-state index contributed by atoms with van der Waals surface area (Å²) in [6.07, 6.45) is 2.90. The smallest absolute Gasteiger partial charge is 0.228 e. The van der Waals surface area contributed by atoms with Crippen LogP contribution in [0.5, 0.6) is 5.75 Å². The first-order chi connectivity index (χ1) is 18.9. The third-order valence-electron chi connectivity index (χ3n) is 8.39. The van der Waals surface area contributed by atoms with Crippen LogP contribution >= 0.6 is 11.3 Å². The highest BCUT2D eigenvalue weighted by molar-refractivity contribution is 7.08. The predicted octanol–water partition coefficient (Wildman–Crippen LogP) is 7.48. The Labute approximate surface area is 233 Å². The SMILES string of the molecule is C=C1CC(c2ccsc2)(c2cccc(CC3CCOc4c(F)cccc43)c2)NC(=O)C1Cc1ccccc1C. The minimum atomic E-state index is -0.675. The van der Waals surface area contributed by atoms with Crippen LogP contribution < -0.4 is 10.1 Å². The fourth-order valence-corrected chi connectivity index (χ4v) is 6.96. The highest BCUT2D eigenvalue weighted by Crippen LogP contribution is 2.43. The summed E-state index contributed by atoms with van der Waals surface area (Å²) in [5.74, 6) is 0.00190. The summed E-state index contributed by atoms with van der Waals surface area (Å²) in [6, 6.07) is 24.0. The summed E-state index contributed by atoms with van der Waals surface area (Å²) in [5.41, 5.74) is 6.86. The number of halogens is 1. The van der Waals surface area contributed by atoms with E-state index in [2.05, 4.69) is 72.0 Å². The zero-order chi connectivity index (χ0) is 27.0. The molecule has 1 N–H and O–H groups in total. The van der Waals surface area contributed by atoms with E-state index in [0.29, 0.717) is 25.2 Å². The molecule has 1 fully saturated rings. The molecule has 39 heavy (non-hydrogen) atoms. The zero-order valence-electron chi connectivity index (χ0n) is 22.1. The average molecular weight is 538 g/mol. The number of para-hydroxylation sites is 1. The molecule has 1 saturated heterocycles. The van der Waals surface area contributed by atoms with Crippen LogP contribution in [-0.2, 0) is 23.2 Å². The van der Waals surface area contributed by atoms with Gasteiger partial charge in [0.15, 0.2) is 11.6 Å². The van der Waals surface area contributed by atoms with Crippen LogP contribution in [0.2, 0.25) is 0 Å². The van der Waals surface area contributed by atoms with Gasteiger partial charge in [-0.25, -0.2) is 4.39 Å². The molecule has 4 aromatic rings. The number of carbonyl (C=O) groups is 1. The number of thiophene rings is 1. The number of fused-ring (bicyclic) bond motifs is 1.